The van der Waals surface area contributed by atoms with E-state index >= 15 is 0 Å². The zero-order valence-corrected chi connectivity index (χ0v) is 11.7. The molecule has 2 fully saturated rings. The van der Waals surface area contributed by atoms with E-state index in [1.807, 2.05) is 4.90 Å². The van der Waals surface area contributed by atoms with Gasteiger partial charge in [-0.15, -0.1) is 0 Å². The van der Waals surface area contributed by atoms with Crippen molar-refractivity contribution in [3.05, 3.63) is 35.4 Å². The van der Waals surface area contributed by atoms with Crippen LogP contribution in [0.3, 0.4) is 0 Å². The number of nitrogens with zero attached hydrogens (tertiary/aromatic N) is 1. The largest absolute Gasteiger partial charge is 0.340 e. The maximum absolute atomic E-state index is 12.5. The molecule has 3 atom stereocenters. The highest BCUT2D eigenvalue weighted by Crippen LogP contribution is 2.49. The minimum Gasteiger partial charge on any atom is -0.340 e. The van der Waals surface area contributed by atoms with E-state index in [1.54, 1.807) is 0 Å². The fraction of sp³-hybridized carbons (Fsp3) is 0.562. The second-order valence-electron chi connectivity index (χ2n) is 5.94. The third-order valence-electron chi connectivity index (χ3n) is 4.38. The Morgan fingerprint density at radius 3 is 2.89 bits per heavy atom. The first-order chi connectivity index (χ1) is 9.16. The van der Waals surface area contributed by atoms with Gasteiger partial charge in [0.15, 0.2) is 0 Å². The predicted octanol–water partition coefficient (Wildman–Crippen LogP) is 1.92. The van der Waals surface area contributed by atoms with Gasteiger partial charge in [-0.3, -0.25) is 4.79 Å². The van der Waals surface area contributed by atoms with Gasteiger partial charge in [-0.05, 0) is 37.3 Å². The molecule has 0 bridgehead atoms. The number of hydrogen-bond acceptors (Lipinski definition) is 2. The molecule has 1 amide bonds. The van der Waals surface area contributed by atoms with Gasteiger partial charge in [-0.25, -0.2) is 0 Å². The monoisotopic (exact) mass is 258 g/mol. The lowest BCUT2D eigenvalue weighted by molar-refractivity contribution is -0.133. The van der Waals surface area contributed by atoms with Gasteiger partial charge >= 0.3 is 0 Å². The van der Waals surface area contributed by atoms with Crippen molar-refractivity contribution in [2.75, 3.05) is 19.6 Å². The zero-order chi connectivity index (χ0) is 13.4. The van der Waals surface area contributed by atoms with Crippen molar-refractivity contribution in [3.8, 4) is 0 Å². The van der Waals surface area contributed by atoms with Gasteiger partial charge in [-0.2, -0.15) is 0 Å². The van der Waals surface area contributed by atoms with Crippen LogP contribution in [0.4, 0.5) is 0 Å². The molecule has 1 saturated carbocycles. The van der Waals surface area contributed by atoms with E-state index in [4.69, 9.17) is 0 Å². The molecule has 3 heteroatoms. The molecule has 1 aliphatic carbocycles. The summed E-state index contributed by atoms with van der Waals surface area (Å²) >= 11 is 0. The molecule has 3 nitrogen and oxygen atoms in total. The molecular weight excluding hydrogens is 236 g/mol. The van der Waals surface area contributed by atoms with E-state index in [0.717, 1.165) is 26.1 Å². The molecule has 19 heavy (non-hydrogen) atoms. The van der Waals surface area contributed by atoms with Crippen LogP contribution in [0.5, 0.6) is 0 Å². The summed E-state index contributed by atoms with van der Waals surface area (Å²) in [6, 6.07) is 8.88. The Balaban J connectivity index is 1.66. The quantitative estimate of drug-likeness (QED) is 0.879. The molecule has 0 radical (unpaired) electrons. The normalized spacial score (nSPS) is 30.2. The van der Waals surface area contributed by atoms with Crippen molar-refractivity contribution in [2.24, 2.45) is 5.92 Å². The minimum atomic E-state index is 0.228. The van der Waals surface area contributed by atoms with Crippen LogP contribution in [0.15, 0.2) is 24.3 Å². The molecule has 1 aromatic rings. The molecule has 1 aliphatic heterocycles. The van der Waals surface area contributed by atoms with Crippen LogP contribution in [0, 0.1) is 12.8 Å². The number of carbonyl (C=O) groups is 1. The first-order valence-corrected chi connectivity index (χ1v) is 7.24. The third kappa shape index (κ3) is 2.52. The lowest BCUT2D eigenvalue weighted by Gasteiger charge is -2.32. The standard InChI is InChI=1S/C16H22N2O/c1-11-5-3-4-6-13(11)14-9-15(14)16(19)18-8-7-17-12(2)10-18/h3-6,12,14-15,17H,7-10H2,1-2H3/t12-,14+,15-/m1/s1. The molecule has 2 aliphatic rings. The van der Waals surface area contributed by atoms with Gasteiger partial charge in [0, 0.05) is 31.6 Å². The van der Waals surface area contributed by atoms with E-state index in [2.05, 4.69) is 43.4 Å². The number of piperazine rings is 1. The Kier molecular flexibility index (Phi) is 3.31. The van der Waals surface area contributed by atoms with Crippen LogP contribution >= 0.6 is 0 Å². The van der Waals surface area contributed by atoms with Gasteiger partial charge in [0.1, 0.15) is 0 Å². The molecule has 1 aromatic carbocycles. The summed E-state index contributed by atoms with van der Waals surface area (Å²) < 4.78 is 0. The zero-order valence-electron chi connectivity index (χ0n) is 11.7. The van der Waals surface area contributed by atoms with Crippen LogP contribution in [0.1, 0.15) is 30.4 Å². The predicted molar refractivity (Wildman–Crippen MR) is 76.1 cm³/mol. The molecule has 1 saturated heterocycles. The number of nitrogens with one attached hydrogen (secondary N) is 1. The van der Waals surface area contributed by atoms with E-state index in [0.29, 0.717) is 17.9 Å². The number of rotatable bonds is 2. The summed E-state index contributed by atoms with van der Waals surface area (Å²) in [6.45, 7) is 6.93. The molecule has 0 unspecified atom stereocenters. The third-order valence-corrected chi connectivity index (χ3v) is 4.38. The smallest absolute Gasteiger partial charge is 0.226 e. The van der Waals surface area contributed by atoms with Gasteiger partial charge in [0.25, 0.3) is 0 Å². The highest BCUT2D eigenvalue weighted by Gasteiger charge is 2.46. The van der Waals surface area contributed by atoms with E-state index in [9.17, 15) is 4.79 Å². The maximum Gasteiger partial charge on any atom is 0.226 e. The van der Waals surface area contributed by atoms with Crippen LogP contribution in [0.25, 0.3) is 0 Å². The molecule has 1 heterocycles. The van der Waals surface area contributed by atoms with Gasteiger partial charge < -0.3 is 10.2 Å². The van der Waals surface area contributed by atoms with Crippen LogP contribution in [-0.2, 0) is 4.79 Å². The van der Waals surface area contributed by atoms with Crippen LogP contribution < -0.4 is 5.32 Å². The Morgan fingerprint density at radius 2 is 2.16 bits per heavy atom. The van der Waals surface area contributed by atoms with Crippen molar-refractivity contribution in [1.29, 1.82) is 0 Å². The second kappa shape index (κ2) is 4.97. The number of benzene rings is 1. The van der Waals surface area contributed by atoms with Crippen molar-refractivity contribution in [3.63, 3.8) is 0 Å². The van der Waals surface area contributed by atoms with Crippen molar-refractivity contribution < 1.29 is 4.79 Å². The Hall–Kier alpha value is -1.35. The first kappa shape index (κ1) is 12.7. The average Bonchev–Trinajstić information content (AvgIpc) is 3.18. The number of carbonyl (C=O) groups excluding carboxylic acids is 1. The summed E-state index contributed by atoms with van der Waals surface area (Å²) in [5.41, 5.74) is 2.68. The topological polar surface area (TPSA) is 32.3 Å². The molecule has 1 N–H and O–H groups in total. The van der Waals surface area contributed by atoms with Gasteiger partial charge in [-0.1, -0.05) is 24.3 Å². The van der Waals surface area contributed by atoms with E-state index in [1.165, 1.54) is 11.1 Å². The van der Waals surface area contributed by atoms with Crippen molar-refractivity contribution in [1.82, 2.24) is 10.2 Å². The fourth-order valence-corrected chi connectivity index (χ4v) is 3.18. The summed E-state index contributed by atoms with van der Waals surface area (Å²) in [5.74, 6) is 1.05. The highest BCUT2D eigenvalue weighted by atomic mass is 16.2. The molecule has 0 spiro atoms. The first-order valence-electron chi connectivity index (χ1n) is 7.24. The highest BCUT2D eigenvalue weighted by molar-refractivity contribution is 5.83. The summed E-state index contributed by atoms with van der Waals surface area (Å²) in [4.78, 5) is 14.5. The van der Waals surface area contributed by atoms with Gasteiger partial charge in [0.05, 0.1) is 0 Å². The van der Waals surface area contributed by atoms with E-state index in [-0.39, 0.29) is 5.92 Å². The van der Waals surface area contributed by atoms with Crippen LogP contribution in [-0.4, -0.2) is 36.5 Å². The average molecular weight is 258 g/mol. The molecular formula is C16H22N2O. The minimum absolute atomic E-state index is 0.228. The summed E-state index contributed by atoms with van der Waals surface area (Å²) in [5, 5.41) is 3.38. The maximum atomic E-state index is 12.5. The number of hydrogen-bond donors (Lipinski definition) is 1. The van der Waals surface area contributed by atoms with Crippen LogP contribution in [0.2, 0.25) is 0 Å². The molecule has 102 valence electrons. The van der Waals surface area contributed by atoms with Crippen molar-refractivity contribution >= 4 is 5.91 Å². The fourth-order valence-electron chi connectivity index (χ4n) is 3.18. The van der Waals surface area contributed by atoms with Crippen molar-refractivity contribution in [2.45, 2.75) is 32.2 Å². The van der Waals surface area contributed by atoms with Gasteiger partial charge in [0.2, 0.25) is 5.91 Å². The number of aryl methyl sites for hydroxylation is 1. The molecule has 0 aromatic heterocycles. The lowest BCUT2D eigenvalue weighted by Crippen LogP contribution is -2.51. The molecule has 3 rings (SSSR count). The Morgan fingerprint density at radius 1 is 1.37 bits per heavy atom. The summed E-state index contributed by atoms with van der Waals surface area (Å²) in [6.07, 6.45) is 1.03. The second-order valence-corrected chi connectivity index (χ2v) is 5.94. The number of amides is 1. The van der Waals surface area contributed by atoms with E-state index < -0.39 is 0 Å². The SMILES string of the molecule is Cc1ccccc1[C@@H]1C[C@H]1C(=O)N1CCN[C@H](C)C1. The summed E-state index contributed by atoms with van der Waals surface area (Å²) in [7, 11) is 0. The lowest BCUT2D eigenvalue weighted by atomic mass is 10.0. The Labute approximate surface area is 115 Å². The Bertz CT molecular complexity index is 485.